The molecule has 34 heavy (non-hydrogen) atoms. The fraction of sp³-hybridized carbons (Fsp3) is 0.276. The minimum absolute atomic E-state index is 0.0123. The van der Waals surface area contributed by atoms with Gasteiger partial charge in [0.15, 0.2) is 0 Å². The Morgan fingerprint density at radius 1 is 0.971 bits per heavy atom. The van der Waals surface area contributed by atoms with Gasteiger partial charge < -0.3 is 4.74 Å². The lowest BCUT2D eigenvalue weighted by atomic mass is 9.96. The van der Waals surface area contributed by atoms with E-state index in [0.717, 1.165) is 42.9 Å². The molecule has 5 nitrogen and oxygen atoms in total. The Kier molecular flexibility index (Phi) is 7.85. The number of nitroso groups, excluding NO2 is 1. The molecular formula is C29H28N2O3. The van der Waals surface area contributed by atoms with Crippen LogP contribution in [0.3, 0.4) is 0 Å². The average molecular weight is 453 g/mol. The summed E-state index contributed by atoms with van der Waals surface area (Å²) in [6, 6.07) is 24.8. The Balaban J connectivity index is 1.25. The lowest BCUT2D eigenvalue weighted by Crippen LogP contribution is -2.19. The number of ether oxygens (including phenoxy) is 1. The monoisotopic (exact) mass is 452 g/mol. The van der Waals surface area contributed by atoms with E-state index in [-0.39, 0.29) is 12.3 Å². The van der Waals surface area contributed by atoms with Crippen molar-refractivity contribution in [2.75, 3.05) is 6.54 Å². The van der Waals surface area contributed by atoms with E-state index in [2.05, 4.69) is 70.4 Å². The first-order chi connectivity index (χ1) is 16.6. The van der Waals surface area contributed by atoms with Crippen LogP contribution in [0.4, 0.5) is 0 Å². The van der Waals surface area contributed by atoms with Crippen LogP contribution in [-0.2, 0) is 30.9 Å². The highest BCUT2D eigenvalue weighted by Gasteiger charge is 2.17. The van der Waals surface area contributed by atoms with Gasteiger partial charge in [-0.25, -0.2) is 0 Å². The number of amides is 1. The molecule has 0 bridgehead atoms. The van der Waals surface area contributed by atoms with Crippen molar-refractivity contribution < 1.29 is 9.53 Å². The molecule has 0 aromatic heterocycles. The standard InChI is InChI=1S/C29H28N2O3/c1-2-5-25(18-29(32)30-33)24-12-14-28(15-13-24)34-21-23-10-8-22(9-11-23)16-17-31-19-26-6-3-4-7-27(26)20-31/h3-4,6-15,25H,16-21H2,1H3. The van der Waals surface area contributed by atoms with Crippen LogP contribution < -0.4 is 4.74 Å². The van der Waals surface area contributed by atoms with Crippen LogP contribution in [0.25, 0.3) is 0 Å². The molecule has 1 unspecified atom stereocenters. The fourth-order valence-corrected chi connectivity index (χ4v) is 4.25. The second-order valence-corrected chi connectivity index (χ2v) is 8.54. The van der Waals surface area contributed by atoms with E-state index in [1.807, 2.05) is 24.3 Å². The van der Waals surface area contributed by atoms with Gasteiger partial charge in [0, 0.05) is 24.8 Å². The molecule has 3 aromatic rings. The van der Waals surface area contributed by atoms with Gasteiger partial charge in [-0.3, -0.25) is 9.69 Å². The molecule has 0 saturated heterocycles. The summed E-state index contributed by atoms with van der Waals surface area (Å²) in [6.07, 6.45) is 1.02. The smallest absolute Gasteiger partial charge is 0.287 e. The molecule has 1 atom stereocenters. The summed E-state index contributed by atoms with van der Waals surface area (Å²) in [4.78, 5) is 24.3. The summed E-state index contributed by atoms with van der Waals surface area (Å²) in [5, 5.41) is 2.48. The van der Waals surface area contributed by atoms with E-state index in [0.29, 0.717) is 6.61 Å². The van der Waals surface area contributed by atoms with Crippen LogP contribution in [0.15, 0.2) is 78.0 Å². The topological polar surface area (TPSA) is 59.0 Å². The first-order valence-corrected chi connectivity index (χ1v) is 11.5. The maximum atomic E-state index is 11.4. The van der Waals surface area contributed by atoms with Crippen LogP contribution in [-0.4, -0.2) is 17.4 Å². The van der Waals surface area contributed by atoms with Gasteiger partial charge in [0.1, 0.15) is 12.4 Å². The zero-order valence-electron chi connectivity index (χ0n) is 19.4. The van der Waals surface area contributed by atoms with Gasteiger partial charge in [-0.2, -0.15) is 0 Å². The zero-order chi connectivity index (χ0) is 23.8. The predicted octanol–water partition coefficient (Wildman–Crippen LogP) is 5.61. The van der Waals surface area contributed by atoms with Gasteiger partial charge >= 0.3 is 0 Å². The van der Waals surface area contributed by atoms with E-state index in [4.69, 9.17) is 4.74 Å². The van der Waals surface area contributed by atoms with Gasteiger partial charge in [-0.05, 0) is 53.3 Å². The maximum Gasteiger partial charge on any atom is 0.287 e. The summed E-state index contributed by atoms with van der Waals surface area (Å²) in [7, 11) is 0. The van der Waals surface area contributed by atoms with Crippen molar-refractivity contribution in [2.24, 2.45) is 5.18 Å². The van der Waals surface area contributed by atoms with E-state index >= 15 is 0 Å². The average Bonchev–Trinajstić information content (AvgIpc) is 3.30. The molecule has 3 aromatic carbocycles. The molecule has 0 spiro atoms. The summed E-state index contributed by atoms with van der Waals surface area (Å²) in [5.74, 6) is 5.48. The summed E-state index contributed by atoms with van der Waals surface area (Å²) in [5.41, 5.74) is 6.20. The van der Waals surface area contributed by atoms with Crippen molar-refractivity contribution >= 4 is 5.91 Å². The minimum Gasteiger partial charge on any atom is -0.489 e. The van der Waals surface area contributed by atoms with Crippen molar-refractivity contribution in [3.63, 3.8) is 0 Å². The Hall–Kier alpha value is -3.75. The van der Waals surface area contributed by atoms with Gasteiger partial charge in [-0.1, -0.05) is 66.6 Å². The van der Waals surface area contributed by atoms with E-state index in [1.54, 1.807) is 6.92 Å². The SMILES string of the molecule is CC#CC(CC(=O)N=O)c1ccc(OCc2ccc(CCN3Cc4ccccc4C3)cc2)cc1. The summed E-state index contributed by atoms with van der Waals surface area (Å²) in [6.45, 7) is 5.31. The van der Waals surface area contributed by atoms with Gasteiger partial charge in [0.2, 0.25) is 0 Å². The molecule has 5 heteroatoms. The third kappa shape index (κ3) is 6.18. The molecule has 0 aliphatic carbocycles. The van der Waals surface area contributed by atoms with Crippen LogP contribution in [0.2, 0.25) is 0 Å². The van der Waals surface area contributed by atoms with Crippen molar-refractivity contribution in [3.05, 3.63) is 106 Å². The van der Waals surface area contributed by atoms with Gasteiger partial charge in [0.25, 0.3) is 5.91 Å². The van der Waals surface area contributed by atoms with Crippen LogP contribution in [0.1, 0.15) is 47.1 Å². The molecule has 1 aliphatic rings. The minimum atomic E-state index is -0.693. The van der Waals surface area contributed by atoms with Crippen molar-refractivity contribution in [1.29, 1.82) is 0 Å². The molecule has 0 radical (unpaired) electrons. The summed E-state index contributed by atoms with van der Waals surface area (Å²) >= 11 is 0. The number of benzene rings is 3. The van der Waals surface area contributed by atoms with E-state index in [1.165, 1.54) is 16.7 Å². The van der Waals surface area contributed by atoms with E-state index in [9.17, 15) is 9.70 Å². The third-order valence-corrected chi connectivity index (χ3v) is 6.13. The molecule has 1 aliphatic heterocycles. The van der Waals surface area contributed by atoms with Crippen LogP contribution in [0.5, 0.6) is 5.75 Å². The first-order valence-electron chi connectivity index (χ1n) is 11.5. The van der Waals surface area contributed by atoms with Gasteiger partial charge in [-0.15, -0.1) is 10.8 Å². The quantitative estimate of drug-likeness (QED) is 0.313. The highest BCUT2D eigenvalue weighted by Crippen LogP contribution is 2.24. The van der Waals surface area contributed by atoms with Crippen molar-refractivity contribution in [2.45, 2.75) is 45.4 Å². The predicted molar refractivity (Wildman–Crippen MR) is 133 cm³/mol. The molecule has 0 saturated carbocycles. The lowest BCUT2D eigenvalue weighted by Gasteiger charge is -2.15. The fourth-order valence-electron chi connectivity index (χ4n) is 4.25. The number of carbonyl (C=O) groups excluding carboxylic acids is 1. The Labute approximate surface area is 200 Å². The Bertz CT molecular complexity index is 1170. The first kappa shape index (κ1) is 23.4. The van der Waals surface area contributed by atoms with Crippen molar-refractivity contribution in [3.8, 4) is 17.6 Å². The number of hydrogen-bond donors (Lipinski definition) is 0. The van der Waals surface area contributed by atoms with E-state index < -0.39 is 5.91 Å². The zero-order valence-corrected chi connectivity index (χ0v) is 19.4. The highest BCUT2D eigenvalue weighted by molar-refractivity contribution is 5.78. The normalized spacial score (nSPS) is 13.4. The molecule has 4 rings (SSSR count). The molecule has 0 fully saturated rings. The Morgan fingerprint density at radius 3 is 2.24 bits per heavy atom. The van der Waals surface area contributed by atoms with Crippen LogP contribution in [0, 0.1) is 16.7 Å². The third-order valence-electron chi connectivity index (χ3n) is 6.13. The second-order valence-electron chi connectivity index (χ2n) is 8.54. The lowest BCUT2D eigenvalue weighted by molar-refractivity contribution is -0.118. The molecule has 172 valence electrons. The molecular weight excluding hydrogens is 424 g/mol. The number of hydrogen-bond acceptors (Lipinski definition) is 4. The second kappa shape index (κ2) is 11.4. The molecule has 1 amide bonds. The van der Waals surface area contributed by atoms with Gasteiger partial charge in [0.05, 0.1) is 12.3 Å². The molecule has 0 N–H and O–H groups in total. The maximum absolute atomic E-state index is 11.4. The molecule has 1 heterocycles. The number of fused-ring (bicyclic) bond motifs is 1. The highest BCUT2D eigenvalue weighted by atomic mass is 16.5. The largest absolute Gasteiger partial charge is 0.489 e. The van der Waals surface area contributed by atoms with Crippen LogP contribution >= 0.6 is 0 Å². The number of carbonyl (C=O) groups is 1. The number of nitrogens with zero attached hydrogens (tertiary/aromatic N) is 2. The Morgan fingerprint density at radius 2 is 1.62 bits per heavy atom. The summed E-state index contributed by atoms with van der Waals surface area (Å²) < 4.78 is 5.93. The number of rotatable bonds is 9. The van der Waals surface area contributed by atoms with Crippen molar-refractivity contribution in [1.82, 2.24) is 4.90 Å².